The number of aromatic nitrogens is 1. The average molecular weight is 412 g/mol. The Morgan fingerprint density at radius 2 is 2.00 bits per heavy atom. The van der Waals surface area contributed by atoms with E-state index in [4.69, 9.17) is 0 Å². The van der Waals surface area contributed by atoms with E-state index in [0.717, 1.165) is 50.8 Å². The largest absolute Gasteiger partial charge is 0.359 e. The molecule has 1 N–H and O–H groups in total. The number of benzene rings is 1. The highest BCUT2D eigenvalue weighted by Crippen LogP contribution is 2.35. The number of fused-ring (bicyclic) bond motifs is 1. The zero-order valence-electron chi connectivity index (χ0n) is 16.8. The second-order valence-corrected chi connectivity index (χ2v) is 9.25. The molecule has 3 aliphatic heterocycles. The summed E-state index contributed by atoms with van der Waals surface area (Å²) in [6.45, 7) is 5.45. The van der Waals surface area contributed by atoms with Crippen molar-refractivity contribution >= 4 is 27.4 Å². The minimum absolute atomic E-state index is 0.0364. The lowest BCUT2D eigenvalue weighted by molar-refractivity contribution is -0.126. The number of carbonyl (C=O) groups is 1. The summed E-state index contributed by atoms with van der Waals surface area (Å²) in [5.41, 5.74) is 1.39. The fraction of sp³-hybridized carbons (Fsp3) is 0.545. The van der Waals surface area contributed by atoms with E-state index in [1.54, 1.807) is 11.3 Å². The number of carbonyl (C=O) groups excluding carboxylic acids is 1. The molecule has 0 radical (unpaired) electrons. The Kier molecular flexibility index (Phi) is 5.52. The SMILES string of the molecule is O=C1[C@H]2CNCCN2CCN1c1ncc(N2CCCC[C@@H]2Cc2ccccc2)s1. The fourth-order valence-electron chi connectivity index (χ4n) is 4.87. The minimum atomic E-state index is -0.0364. The van der Waals surface area contributed by atoms with Gasteiger partial charge < -0.3 is 10.2 Å². The zero-order valence-corrected chi connectivity index (χ0v) is 17.6. The van der Waals surface area contributed by atoms with Gasteiger partial charge in [-0.3, -0.25) is 14.6 Å². The van der Waals surface area contributed by atoms with Crippen LogP contribution in [0.3, 0.4) is 0 Å². The fourth-order valence-corrected chi connectivity index (χ4v) is 5.92. The van der Waals surface area contributed by atoms with Crippen LogP contribution in [-0.4, -0.2) is 67.1 Å². The van der Waals surface area contributed by atoms with E-state index >= 15 is 0 Å². The van der Waals surface area contributed by atoms with Crippen molar-refractivity contribution in [3.8, 4) is 0 Å². The molecule has 4 heterocycles. The Balaban J connectivity index is 1.32. The monoisotopic (exact) mass is 411 g/mol. The van der Waals surface area contributed by atoms with Crippen molar-refractivity contribution in [2.24, 2.45) is 0 Å². The van der Waals surface area contributed by atoms with Gasteiger partial charge >= 0.3 is 0 Å². The molecule has 0 spiro atoms. The number of nitrogens with zero attached hydrogens (tertiary/aromatic N) is 4. The molecule has 0 unspecified atom stereocenters. The van der Waals surface area contributed by atoms with Crippen molar-refractivity contribution in [3.05, 3.63) is 42.1 Å². The minimum Gasteiger partial charge on any atom is -0.359 e. The number of rotatable bonds is 4. The van der Waals surface area contributed by atoms with Crippen molar-refractivity contribution < 1.29 is 4.79 Å². The first kappa shape index (κ1) is 19.0. The molecule has 6 nitrogen and oxygen atoms in total. The van der Waals surface area contributed by atoms with E-state index in [1.807, 2.05) is 11.1 Å². The lowest BCUT2D eigenvalue weighted by Gasteiger charge is -2.42. The van der Waals surface area contributed by atoms with Crippen molar-refractivity contribution in [2.75, 3.05) is 49.1 Å². The standard InChI is InChI=1S/C22H29N5OS/c28-21-19-15-23-9-11-25(19)12-13-27(21)22-24-16-20(29-22)26-10-5-4-8-18(26)14-17-6-2-1-3-7-17/h1-3,6-7,16,18-19,23H,4-5,8-15H2/t18-,19-/m1/s1. The summed E-state index contributed by atoms with van der Waals surface area (Å²) >= 11 is 1.68. The first-order valence-electron chi connectivity index (χ1n) is 10.8. The first-order chi connectivity index (χ1) is 14.3. The molecule has 3 aliphatic rings. The van der Waals surface area contributed by atoms with Crippen LogP contribution in [0, 0.1) is 0 Å². The second-order valence-electron chi connectivity index (χ2n) is 8.26. The molecule has 29 heavy (non-hydrogen) atoms. The number of hydrogen-bond acceptors (Lipinski definition) is 6. The second kappa shape index (κ2) is 8.42. The van der Waals surface area contributed by atoms with E-state index in [2.05, 4.69) is 50.4 Å². The van der Waals surface area contributed by atoms with Crippen LogP contribution >= 0.6 is 11.3 Å². The molecule has 0 saturated carbocycles. The van der Waals surface area contributed by atoms with E-state index in [1.165, 1.54) is 29.8 Å². The topological polar surface area (TPSA) is 51.7 Å². The van der Waals surface area contributed by atoms with E-state index in [9.17, 15) is 4.79 Å². The normalized spacial score (nSPS) is 25.9. The van der Waals surface area contributed by atoms with Crippen molar-refractivity contribution in [1.82, 2.24) is 15.2 Å². The van der Waals surface area contributed by atoms with Crippen LogP contribution < -0.4 is 15.1 Å². The summed E-state index contributed by atoms with van der Waals surface area (Å²) < 4.78 is 0. The molecule has 3 saturated heterocycles. The zero-order chi connectivity index (χ0) is 19.6. The average Bonchev–Trinajstić information content (AvgIpc) is 3.25. The summed E-state index contributed by atoms with van der Waals surface area (Å²) in [6, 6.07) is 11.2. The number of hydrogen-bond donors (Lipinski definition) is 1. The lowest BCUT2D eigenvalue weighted by atomic mass is 9.96. The van der Waals surface area contributed by atoms with Crippen LogP contribution in [0.5, 0.6) is 0 Å². The molecule has 0 bridgehead atoms. The van der Waals surface area contributed by atoms with Gasteiger partial charge in [0.2, 0.25) is 5.91 Å². The maximum absolute atomic E-state index is 13.0. The Bertz CT molecular complexity index is 841. The Labute approximate surface area is 176 Å². The molecule has 1 aromatic carbocycles. The summed E-state index contributed by atoms with van der Waals surface area (Å²) in [7, 11) is 0. The molecule has 1 amide bonds. The highest BCUT2D eigenvalue weighted by Gasteiger charge is 2.38. The van der Waals surface area contributed by atoms with Crippen molar-refractivity contribution in [1.29, 1.82) is 0 Å². The third-order valence-corrected chi connectivity index (χ3v) is 7.51. The summed E-state index contributed by atoms with van der Waals surface area (Å²) in [4.78, 5) is 24.5. The molecule has 2 atom stereocenters. The summed E-state index contributed by atoms with van der Waals surface area (Å²) in [6.07, 6.45) is 6.79. The Morgan fingerprint density at radius 3 is 2.90 bits per heavy atom. The van der Waals surface area contributed by atoms with Gasteiger partial charge in [-0.05, 0) is 31.2 Å². The molecular formula is C22H29N5OS. The van der Waals surface area contributed by atoms with E-state index in [-0.39, 0.29) is 11.9 Å². The van der Waals surface area contributed by atoms with E-state index < -0.39 is 0 Å². The lowest BCUT2D eigenvalue weighted by Crippen LogP contribution is -2.64. The first-order valence-corrected chi connectivity index (χ1v) is 11.6. The highest BCUT2D eigenvalue weighted by atomic mass is 32.1. The quantitative estimate of drug-likeness (QED) is 0.837. The number of nitrogens with one attached hydrogen (secondary N) is 1. The molecule has 5 rings (SSSR count). The van der Waals surface area contributed by atoms with Gasteiger partial charge in [-0.1, -0.05) is 41.7 Å². The Hall–Kier alpha value is -1.96. The highest BCUT2D eigenvalue weighted by molar-refractivity contribution is 7.19. The molecule has 1 aromatic heterocycles. The van der Waals surface area contributed by atoms with Gasteiger partial charge in [0.1, 0.15) is 11.0 Å². The third-order valence-electron chi connectivity index (χ3n) is 6.45. The van der Waals surface area contributed by atoms with Gasteiger partial charge in [-0.2, -0.15) is 0 Å². The van der Waals surface area contributed by atoms with Crippen LogP contribution in [0.25, 0.3) is 0 Å². The van der Waals surface area contributed by atoms with Gasteiger partial charge in [0.05, 0.1) is 6.20 Å². The predicted molar refractivity (Wildman–Crippen MR) is 118 cm³/mol. The van der Waals surface area contributed by atoms with Gasteiger partial charge in [0, 0.05) is 45.3 Å². The molecule has 0 aliphatic carbocycles. The number of anilines is 2. The number of piperazine rings is 2. The number of amides is 1. The predicted octanol–water partition coefficient (Wildman–Crippen LogP) is 2.37. The van der Waals surface area contributed by atoms with Gasteiger partial charge in [-0.25, -0.2) is 4.98 Å². The smallest absolute Gasteiger partial charge is 0.247 e. The van der Waals surface area contributed by atoms with Crippen LogP contribution in [0.15, 0.2) is 36.5 Å². The summed E-state index contributed by atoms with van der Waals surface area (Å²) in [5.74, 6) is 0.198. The van der Waals surface area contributed by atoms with Crippen LogP contribution in [-0.2, 0) is 11.2 Å². The van der Waals surface area contributed by atoms with Gasteiger partial charge in [-0.15, -0.1) is 0 Å². The number of thiazole rings is 1. The molecule has 2 aromatic rings. The maximum atomic E-state index is 13.0. The van der Waals surface area contributed by atoms with Gasteiger partial charge in [0.15, 0.2) is 5.13 Å². The molecular weight excluding hydrogens is 382 g/mol. The van der Waals surface area contributed by atoms with Crippen LogP contribution in [0.4, 0.5) is 10.1 Å². The van der Waals surface area contributed by atoms with Crippen molar-refractivity contribution in [3.63, 3.8) is 0 Å². The third kappa shape index (κ3) is 3.91. The molecule has 154 valence electrons. The van der Waals surface area contributed by atoms with Crippen LogP contribution in [0.2, 0.25) is 0 Å². The maximum Gasteiger partial charge on any atom is 0.247 e. The van der Waals surface area contributed by atoms with Gasteiger partial charge in [0.25, 0.3) is 0 Å². The Morgan fingerprint density at radius 1 is 1.10 bits per heavy atom. The van der Waals surface area contributed by atoms with Crippen molar-refractivity contribution in [2.45, 2.75) is 37.8 Å². The molecule has 3 fully saturated rings. The molecule has 7 heteroatoms. The van der Waals surface area contributed by atoms with Crippen LogP contribution in [0.1, 0.15) is 24.8 Å². The summed E-state index contributed by atoms with van der Waals surface area (Å²) in [5, 5.41) is 5.42. The van der Waals surface area contributed by atoms with E-state index in [0.29, 0.717) is 6.04 Å². The number of piperidine rings is 1.